The second-order valence-corrected chi connectivity index (χ2v) is 6.39. The van der Waals surface area contributed by atoms with Crippen molar-refractivity contribution in [1.82, 2.24) is 9.55 Å². The fraction of sp³-hybridized carbons (Fsp3) is 0.214. The van der Waals surface area contributed by atoms with Gasteiger partial charge in [0.15, 0.2) is 5.69 Å². The Balaban J connectivity index is 2.60. The van der Waals surface area contributed by atoms with Gasteiger partial charge >= 0.3 is 6.18 Å². The van der Waals surface area contributed by atoms with Crippen LogP contribution in [-0.4, -0.2) is 18.0 Å². The number of benzene rings is 1. The molecule has 0 spiro atoms. The molecule has 1 aromatic carbocycles. The van der Waals surface area contributed by atoms with E-state index in [9.17, 15) is 21.6 Å². The summed E-state index contributed by atoms with van der Waals surface area (Å²) < 4.78 is 62.4. The molecule has 9 heteroatoms. The fourth-order valence-corrected chi connectivity index (χ4v) is 2.43. The molecule has 2 aromatic rings. The van der Waals surface area contributed by atoms with Crippen molar-refractivity contribution in [2.75, 3.05) is 0 Å². The second-order valence-electron chi connectivity index (χ2n) is 4.83. The topological polar surface area (TPSA) is 78.0 Å². The van der Waals surface area contributed by atoms with Crippen LogP contribution in [-0.2, 0) is 16.2 Å². The molecule has 1 heterocycles. The van der Waals surface area contributed by atoms with Crippen molar-refractivity contribution in [3.8, 4) is 5.69 Å². The molecule has 0 saturated heterocycles. The van der Waals surface area contributed by atoms with Gasteiger partial charge in [-0.25, -0.2) is 18.5 Å². The lowest BCUT2D eigenvalue weighted by molar-refractivity contribution is -0.140. The molecular weight excluding hydrogens is 331 g/mol. The zero-order chi connectivity index (χ0) is 17.4. The van der Waals surface area contributed by atoms with Crippen molar-refractivity contribution in [2.24, 2.45) is 5.14 Å². The summed E-state index contributed by atoms with van der Waals surface area (Å²) in [5.41, 5.74) is -0.128. The van der Waals surface area contributed by atoms with Crippen LogP contribution in [0.2, 0.25) is 0 Å². The summed E-state index contributed by atoms with van der Waals surface area (Å²) in [6.45, 7) is 3.32. The predicted molar refractivity (Wildman–Crippen MR) is 79.3 cm³/mol. The van der Waals surface area contributed by atoms with Gasteiger partial charge in [-0.1, -0.05) is 6.08 Å². The van der Waals surface area contributed by atoms with Gasteiger partial charge in [-0.15, -0.1) is 0 Å². The minimum Gasteiger partial charge on any atom is -0.299 e. The van der Waals surface area contributed by atoms with Crippen molar-refractivity contribution in [3.63, 3.8) is 0 Å². The summed E-state index contributed by atoms with van der Waals surface area (Å²) in [6.07, 6.45) is -2.07. The number of alkyl halides is 3. The number of nitrogens with two attached hydrogens (primary N) is 1. The standard InChI is InChI=1S/C14H14F3N3O2S/c1-3-9(2)13-19-12(14(15,16)17)8-20(13)10-4-6-11(7-5-10)23(18,21)22/h3-8H,1-2H3,(H2,18,21,22)/b9-3+. The third kappa shape index (κ3) is 3.62. The SMILES string of the molecule is C/C=C(\C)c1nc(C(F)(F)F)cn1-c1ccc(S(N)(=O)=O)cc1. The van der Waals surface area contributed by atoms with E-state index < -0.39 is 21.9 Å². The number of imidazole rings is 1. The molecule has 2 rings (SSSR count). The van der Waals surface area contributed by atoms with Crippen LogP contribution in [0.15, 0.2) is 41.4 Å². The van der Waals surface area contributed by atoms with Gasteiger partial charge in [-0.2, -0.15) is 13.2 Å². The van der Waals surface area contributed by atoms with Gasteiger partial charge in [-0.05, 0) is 43.7 Å². The van der Waals surface area contributed by atoms with Crippen molar-refractivity contribution >= 4 is 15.6 Å². The molecule has 1 aromatic heterocycles. The fourth-order valence-electron chi connectivity index (χ4n) is 1.92. The third-order valence-corrected chi connectivity index (χ3v) is 4.15. The normalized spacial score (nSPS) is 13.4. The molecule has 0 aliphatic heterocycles. The van der Waals surface area contributed by atoms with E-state index in [1.54, 1.807) is 19.9 Å². The van der Waals surface area contributed by atoms with Crippen LogP contribution in [0.3, 0.4) is 0 Å². The van der Waals surface area contributed by atoms with Crippen LogP contribution in [0.1, 0.15) is 25.4 Å². The lowest BCUT2D eigenvalue weighted by Crippen LogP contribution is -2.12. The molecule has 0 aliphatic rings. The van der Waals surface area contributed by atoms with Crippen molar-refractivity contribution < 1.29 is 21.6 Å². The van der Waals surface area contributed by atoms with E-state index >= 15 is 0 Å². The predicted octanol–water partition coefficient (Wildman–Crippen LogP) is 2.96. The summed E-state index contributed by atoms with van der Waals surface area (Å²) in [4.78, 5) is 3.50. The zero-order valence-corrected chi connectivity index (χ0v) is 13.1. The maximum atomic E-state index is 12.9. The van der Waals surface area contributed by atoms with Crippen LogP contribution >= 0.6 is 0 Å². The highest BCUT2D eigenvalue weighted by Gasteiger charge is 2.35. The zero-order valence-electron chi connectivity index (χ0n) is 12.3. The first kappa shape index (κ1) is 17.2. The average Bonchev–Trinajstić information content (AvgIpc) is 2.91. The summed E-state index contributed by atoms with van der Waals surface area (Å²) in [5.74, 6) is 0.128. The number of hydrogen-bond acceptors (Lipinski definition) is 3. The van der Waals surface area contributed by atoms with E-state index in [2.05, 4.69) is 4.98 Å². The van der Waals surface area contributed by atoms with Crippen LogP contribution in [0.4, 0.5) is 13.2 Å². The molecule has 124 valence electrons. The quantitative estimate of drug-likeness (QED) is 0.929. The van der Waals surface area contributed by atoms with Gasteiger partial charge in [0, 0.05) is 11.9 Å². The molecule has 5 nitrogen and oxygen atoms in total. The largest absolute Gasteiger partial charge is 0.434 e. The molecule has 0 fully saturated rings. The van der Waals surface area contributed by atoms with Crippen molar-refractivity contribution in [2.45, 2.75) is 24.9 Å². The Morgan fingerprint density at radius 3 is 2.26 bits per heavy atom. The molecule has 2 N–H and O–H groups in total. The average molecular weight is 345 g/mol. The molecule has 0 saturated carbocycles. The highest BCUT2D eigenvalue weighted by Crippen LogP contribution is 2.31. The number of aromatic nitrogens is 2. The number of rotatable bonds is 3. The Bertz CT molecular complexity index is 850. The first-order valence-electron chi connectivity index (χ1n) is 6.47. The monoisotopic (exact) mass is 345 g/mol. The first-order chi connectivity index (χ1) is 10.5. The highest BCUT2D eigenvalue weighted by molar-refractivity contribution is 7.89. The van der Waals surface area contributed by atoms with E-state index in [-0.39, 0.29) is 10.7 Å². The van der Waals surface area contributed by atoms with E-state index in [1.807, 2.05) is 0 Å². The number of primary sulfonamides is 1. The number of halogens is 3. The molecule has 0 unspecified atom stereocenters. The molecule has 0 amide bonds. The summed E-state index contributed by atoms with van der Waals surface area (Å²) >= 11 is 0. The second kappa shape index (κ2) is 5.82. The Morgan fingerprint density at radius 2 is 1.83 bits per heavy atom. The first-order valence-corrected chi connectivity index (χ1v) is 8.02. The molecular formula is C14H14F3N3O2S. The van der Waals surface area contributed by atoms with Gasteiger partial charge in [0.1, 0.15) is 5.82 Å². The lowest BCUT2D eigenvalue weighted by atomic mass is 10.2. The van der Waals surface area contributed by atoms with E-state index in [0.29, 0.717) is 11.3 Å². The van der Waals surface area contributed by atoms with Gasteiger partial charge in [0.05, 0.1) is 4.90 Å². The Morgan fingerprint density at radius 1 is 1.26 bits per heavy atom. The third-order valence-electron chi connectivity index (χ3n) is 3.23. The minimum atomic E-state index is -4.57. The number of sulfonamides is 1. The van der Waals surface area contributed by atoms with Crippen molar-refractivity contribution in [1.29, 1.82) is 0 Å². The van der Waals surface area contributed by atoms with Gasteiger partial charge in [-0.3, -0.25) is 4.57 Å². The molecule has 0 aliphatic carbocycles. The van der Waals surface area contributed by atoms with E-state index in [0.717, 1.165) is 6.20 Å². The highest BCUT2D eigenvalue weighted by atomic mass is 32.2. The Labute approximate surface area is 131 Å². The Hall–Kier alpha value is -2.13. The maximum Gasteiger partial charge on any atom is 0.434 e. The van der Waals surface area contributed by atoms with Crippen LogP contribution in [0.5, 0.6) is 0 Å². The number of allylic oxidation sites excluding steroid dienone is 2. The number of nitrogens with zero attached hydrogens (tertiary/aromatic N) is 2. The van der Waals surface area contributed by atoms with Crippen LogP contribution in [0, 0.1) is 0 Å². The summed E-state index contributed by atoms with van der Waals surface area (Å²) in [7, 11) is -3.87. The molecule has 0 radical (unpaired) electrons. The number of hydrogen-bond donors (Lipinski definition) is 1. The van der Waals surface area contributed by atoms with Gasteiger partial charge in [0.2, 0.25) is 10.0 Å². The smallest absolute Gasteiger partial charge is 0.299 e. The van der Waals surface area contributed by atoms with Gasteiger partial charge < -0.3 is 0 Å². The van der Waals surface area contributed by atoms with E-state index in [1.165, 1.54) is 28.8 Å². The summed E-state index contributed by atoms with van der Waals surface area (Å²) in [5, 5.41) is 5.00. The van der Waals surface area contributed by atoms with E-state index in [4.69, 9.17) is 5.14 Å². The van der Waals surface area contributed by atoms with Crippen molar-refractivity contribution in [3.05, 3.63) is 48.1 Å². The molecule has 0 bridgehead atoms. The molecule has 23 heavy (non-hydrogen) atoms. The van der Waals surface area contributed by atoms with Gasteiger partial charge in [0.25, 0.3) is 0 Å². The summed E-state index contributed by atoms with van der Waals surface area (Å²) in [6, 6.07) is 5.20. The van der Waals surface area contributed by atoms with Crippen LogP contribution < -0.4 is 5.14 Å². The minimum absolute atomic E-state index is 0.123. The lowest BCUT2D eigenvalue weighted by Gasteiger charge is -2.08. The Kier molecular flexibility index (Phi) is 4.36. The molecule has 0 atom stereocenters. The maximum absolute atomic E-state index is 12.9. The van der Waals surface area contributed by atoms with Crippen LogP contribution in [0.25, 0.3) is 11.3 Å².